The lowest BCUT2D eigenvalue weighted by Crippen LogP contribution is -2.26. The zero-order chi connectivity index (χ0) is 14.5. The molecule has 3 N–H and O–H groups in total. The fourth-order valence-electron chi connectivity index (χ4n) is 1.93. The summed E-state index contributed by atoms with van der Waals surface area (Å²) in [5.74, 6) is -0.236. The SMILES string of the molecule is Cc1ccccc1CCNC(=O)c1cc(Cl)ncc1N. The van der Waals surface area contributed by atoms with E-state index < -0.39 is 0 Å². The van der Waals surface area contributed by atoms with Crippen LogP contribution >= 0.6 is 11.6 Å². The van der Waals surface area contributed by atoms with Gasteiger partial charge in [-0.1, -0.05) is 35.9 Å². The zero-order valence-electron chi connectivity index (χ0n) is 11.2. The normalized spacial score (nSPS) is 10.3. The first-order valence-corrected chi connectivity index (χ1v) is 6.69. The molecule has 4 nitrogen and oxygen atoms in total. The molecule has 0 atom stereocenters. The Labute approximate surface area is 123 Å². The van der Waals surface area contributed by atoms with Gasteiger partial charge in [0.1, 0.15) is 5.15 Å². The monoisotopic (exact) mass is 289 g/mol. The Morgan fingerprint density at radius 3 is 2.90 bits per heavy atom. The molecule has 20 heavy (non-hydrogen) atoms. The van der Waals surface area contributed by atoms with E-state index in [9.17, 15) is 4.79 Å². The lowest BCUT2D eigenvalue weighted by atomic mass is 10.1. The van der Waals surface area contributed by atoms with Crippen molar-refractivity contribution in [3.05, 3.63) is 58.4 Å². The molecule has 0 aliphatic rings. The molecule has 0 radical (unpaired) electrons. The van der Waals surface area contributed by atoms with E-state index >= 15 is 0 Å². The van der Waals surface area contributed by atoms with Crippen molar-refractivity contribution in [1.29, 1.82) is 0 Å². The quantitative estimate of drug-likeness (QED) is 0.850. The topological polar surface area (TPSA) is 68.0 Å². The number of amides is 1. The van der Waals surface area contributed by atoms with E-state index in [1.54, 1.807) is 0 Å². The third kappa shape index (κ3) is 3.48. The minimum absolute atomic E-state index is 0.236. The fourth-order valence-corrected chi connectivity index (χ4v) is 2.09. The van der Waals surface area contributed by atoms with E-state index in [0.717, 1.165) is 6.42 Å². The number of nitrogens with two attached hydrogens (primary N) is 1. The average Bonchev–Trinajstić information content (AvgIpc) is 2.43. The van der Waals surface area contributed by atoms with Gasteiger partial charge in [-0.2, -0.15) is 0 Å². The highest BCUT2D eigenvalue weighted by molar-refractivity contribution is 6.29. The number of carbonyl (C=O) groups is 1. The van der Waals surface area contributed by atoms with Crippen LogP contribution in [0.2, 0.25) is 5.15 Å². The predicted octanol–water partition coefficient (Wildman–Crippen LogP) is 2.60. The Bertz CT molecular complexity index is 628. The molecule has 0 saturated heterocycles. The molecule has 2 rings (SSSR count). The molecule has 0 bridgehead atoms. The molecule has 0 fully saturated rings. The molecule has 0 spiro atoms. The van der Waals surface area contributed by atoms with Gasteiger partial charge in [0.2, 0.25) is 0 Å². The van der Waals surface area contributed by atoms with Gasteiger partial charge in [0.25, 0.3) is 5.91 Å². The summed E-state index contributed by atoms with van der Waals surface area (Å²) in [7, 11) is 0. The third-order valence-electron chi connectivity index (χ3n) is 3.09. The van der Waals surface area contributed by atoms with Gasteiger partial charge in [0, 0.05) is 6.54 Å². The lowest BCUT2D eigenvalue weighted by molar-refractivity contribution is 0.0955. The molecule has 0 aliphatic carbocycles. The lowest BCUT2D eigenvalue weighted by Gasteiger charge is -2.09. The Hall–Kier alpha value is -2.07. The molecule has 104 valence electrons. The maximum atomic E-state index is 12.0. The predicted molar refractivity (Wildman–Crippen MR) is 80.9 cm³/mol. The molecule has 0 aliphatic heterocycles. The molecule has 1 heterocycles. The highest BCUT2D eigenvalue weighted by Gasteiger charge is 2.10. The van der Waals surface area contributed by atoms with Crippen molar-refractivity contribution in [2.75, 3.05) is 12.3 Å². The van der Waals surface area contributed by atoms with E-state index in [2.05, 4.69) is 29.4 Å². The van der Waals surface area contributed by atoms with Gasteiger partial charge in [-0.3, -0.25) is 4.79 Å². The first kappa shape index (κ1) is 14.3. The highest BCUT2D eigenvalue weighted by atomic mass is 35.5. The second-order valence-corrected chi connectivity index (χ2v) is 4.91. The third-order valence-corrected chi connectivity index (χ3v) is 3.29. The van der Waals surface area contributed by atoms with Crippen molar-refractivity contribution in [3.63, 3.8) is 0 Å². The summed E-state index contributed by atoms with van der Waals surface area (Å²) in [6, 6.07) is 9.57. The number of nitrogen functional groups attached to an aromatic ring is 1. The summed E-state index contributed by atoms with van der Waals surface area (Å²) in [4.78, 5) is 15.8. The summed E-state index contributed by atoms with van der Waals surface area (Å²) >= 11 is 5.76. The number of aromatic nitrogens is 1. The number of halogens is 1. The number of rotatable bonds is 4. The number of hydrogen-bond donors (Lipinski definition) is 2. The largest absolute Gasteiger partial charge is 0.397 e. The van der Waals surface area contributed by atoms with Gasteiger partial charge < -0.3 is 11.1 Å². The maximum Gasteiger partial charge on any atom is 0.253 e. The zero-order valence-corrected chi connectivity index (χ0v) is 11.9. The van der Waals surface area contributed by atoms with Crippen molar-refractivity contribution in [3.8, 4) is 0 Å². The number of nitrogens with one attached hydrogen (secondary N) is 1. The van der Waals surface area contributed by atoms with Crippen LogP contribution in [0.4, 0.5) is 5.69 Å². The van der Waals surface area contributed by atoms with Crippen LogP contribution < -0.4 is 11.1 Å². The first-order valence-electron chi connectivity index (χ1n) is 6.31. The van der Waals surface area contributed by atoms with Crippen LogP contribution in [-0.4, -0.2) is 17.4 Å². The summed E-state index contributed by atoms with van der Waals surface area (Å²) in [5.41, 5.74) is 8.83. The summed E-state index contributed by atoms with van der Waals surface area (Å²) < 4.78 is 0. The van der Waals surface area contributed by atoms with Crippen molar-refractivity contribution in [2.45, 2.75) is 13.3 Å². The number of benzene rings is 1. The van der Waals surface area contributed by atoms with Crippen LogP contribution in [0, 0.1) is 6.92 Å². The second kappa shape index (κ2) is 6.39. The van der Waals surface area contributed by atoms with Crippen LogP contribution in [0.5, 0.6) is 0 Å². The number of aryl methyl sites for hydroxylation is 1. The minimum atomic E-state index is -0.236. The van der Waals surface area contributed by atoms with Gasteiger partial charge >= 0.3 is 0 Å². The maximum absolute atomic E-state index is 12.0. The molecule has 1 aromatic heterocycles. The van der Waals surface area contributed by atoms with Gasteiger partial charge in [0.05, 0.1) is 17.4 Å². The van der Waals surface area contributed by atoms with Crippen LogP contribution in [0.25, 0.3) is 0 Å². The molecule has 1 aromatic carbocycles. The number of pyridine rings is 1. The van der Waals surface area contributed by atoms with Crippen LogP contribution in [-0.2, 0) is 6.42 Å². The van der Waals surface area contributed by atoms with Crippen LogP contribution in [0.3, 0.4) is 0 Å². The van der Waals surface area contributed by atoms with Crippen LogP contribution in [0.15, 0.2) is 36.5 Å². The van der Waals surface area contributed by atoms with Crippen molar-refractivity contribution >= 4 is 23.2 Å². The molecule has 1 amide bonds. The average molecular weight is 290 g/mol. The molecule has 0 saturated carbocycles. The summed E-state index contributed by atoms with van der Waals surface area (Å²) in [6.45, 7) is 2.60. The number of anilines is 1. The molecular weight excluding hydrogens is 274 g/mol. The second-order valence-electron chi connectivity index (χ2n) is 4.53. The molecule has 2 aromatic rings. The molecule has 5 heteroatoms. The van der Waals surface area contributed by atoms with Crippen LogP contribution in [0.1, 0.15) is 21.5 Å². The van der Waals surface area contributed by atoms with Crippen molar-refractivity contribution in [2.24, 2.45) is 0 Å². The molecule has 0 unspecified atom stereocenters. The summed E-state index contributed by atoms with van der Waals surface area (Å²) in [5, 5.41) is 3.09. The Morgan fingerprint density at radius 1 is 1.40 bits per heavy atom. The Morgan fingerprint density at radius 2 is 2.15 bits per heavy atom. The van der Waals surface area contributed by atoms with E-state index in [0.29, 0.717) is 17.8 Å². The van der Waals surface area contributed by atoms with Gasteiger partial charge in [0.15, 0.2) is 0 Å². The summed E-state index contributed by atoms with van der Waals surface area (Å²) in [6.07, 6.45) is 2.16. The minimum Gasteiger partial charge on any atom is -0.397 e. The fraction of sp³-hybridized carbons (Fsp3) is 0.200. The van der Waals surface area contributed by atoms with Gasteiger partial charge in [-0.05, 0) is 30.5 Å². The number of nitrogens with zero attached hydrogens (tertiary/aromatic N) is 1. The standard InChI is InChI=1S/C15H16ClN3O/c1-10-4-2-3-5-11(10)6-7-18-15(20)12-8-14(16)19-9-13(12)17/h2-5,8-9H,6-7,17H2,1H3,(H,18,20). The van der Waals surface area contributed by atoms with Crippen molar-refractivity contribution < 1.29 is 4.79 Å². The first-order chi connectivity index (χ1) is 9.58. The van der Waals surface area contributed by atoms with Crippen molar-refractivity contribution in [1.82, 2.24) is 10.3 Å². The van der Waals surface area contributed by atoms with E-state index in [1.165, 1.54) is 23.4 Å². The van der Waals surface area contributed by atoms with E-state index in [4.69, 9.17) is 17.3 Å². The smallest absolute Gasteiger partial charge is 0.253 e. The van der Waals surface area contributed by atoms with E-state index in [1.807, 2.05) is 12.1 Å². The number of carbonyl (C=O) groups excluding carboxylic acids is 1. The Kier molecular flexibility index (Phi) is 4.58. The van der Waals surface area contributed by atoms with Gasteiger partial charge in [-0.25, -0.2) is 4.98 Å². The van der Waals surface area contributed by atoms with Gasteiger partial charge in [-0.15, -0.1) is 0 Å². The molecular formula is C15H16ClN3O. The number of hydrogen-bond acceptors (Lipinski definition) is 3. The highest BCUT2D eigenvalue weighted by Crippen LogP contribution is 2.14. The Balaban J connectivity index is 1.96. The van der Waals surface area contributed by atoms with E-state index in [-0.39, 0.29) is 11.1 Å².